The Bertz CT molecular complexity index is 613. The van der Waals surface area contributed by atoms with Crippen molar-refractivity contribution in [2.75, 3.05) is 20.1 Å². The van der Waals surface area contributed by atoms with E-state index in [4.69, 9.17) is 0 Å². The molecule has 1 unspecified atom stereocenters. The van der Waals surface area contributed by atoms with Crippen molar-refractivity contribution in [3.8, 4) is 0 Å². The summed E-state index contributed by atoms with van der Waals surface area (Å²) in [7, 11) is 2.04. The standard InChI is InChI=1S/C19H23BrN2O/c1-15(17-6-4-3-5-7-17)12-21-19(23)14-22(2)13-16-8-10-18(20)11-9-16/h3-11,15H,12-14H2,1-2H3,(H,21,23)/p+1/t15-/m1/s1. The number of carbonyl (C=O) groups is 1. The van der Waals surface area contributed by atoms with Crippen LogP contribution in [0.1, 0.15) is 24.0 Å². The summed E-state index contributed by atoms with van der Waals surface area (Å²) in [6, 6.07) is 18.5. The topological polar surface area (TPSA) is 33.5 Å². The minimum absolute atomic E-state index is 0.0994. The summed E-state index contributed by atoms with van der Waals surface area (Å²) >= 11 is 3.43. The highest BCUT2D eigenvalue weighted by atomic mass is 79.9. The highest BCUT2D eigenvalue weighted by molar-refractivity contribution is 9.10. The minimum atomic E-state index is 0.0994. The summed E-state index contributed by atoms with van der Waals surface area (Å²) in [4.78, 5) is 13.3. The molecule has 2 aromatic rings. The minimum Gasteiger partial charge on any atom is -0.351 e. The number of halogens is 1. The Kier molecular flexibility index (Phi) is 6.81. The van der Waals surface area contributed by atoms with Gasteiger partial charge in [0.1, 0.15) is 6.54 Å². The van der Waals surface area contributed by atoms with Crippen LogP contribution in [0.15, 0.2) is 59.1 Å². The molecule has 0 aliphatic heterocycles. The predicted octanol–water partition coefficient (Wildman–Crippen LogP) is 2.38. The van der Waals surface area contributed by atoms with Gasteiger partial charge < -0.3 is 10.2 Å². The van der Waals surface area contributed by atoms with E-state index < -0.39 is 0 Å². The number of likely N-dealkylation sites (N-methyl/N-ethyl adjacent to an activating group) is 1. The molecule has 4 heteroatoms. The normalized spacial score (nSPS) is 13.3. The van der Waals surface area contributed by atoms with Gasteiger partial charge in [-0.05, 0) is 23.6 Å². The van der Waals surface area contributed by atoms with Gasteiger partial charge in [0.25, 0.3) is 5.91 Å². The fourth-order valence-corrected chi connectivity index (χ4v) is 2.78. The van der Waals surface area contributed by atoms with E-state index in [1.165, 1.54) is 16.0 Å². The number of benzene rings is 2. The number of amides is 1. The van der Waals surface area contributed by atoms with Crippen LogP contribution in [0.3, 0.4) is 0 Å². The van der Waals surface area contributed by atoms with Crippen LogP contribution in [0.5, 0.6) is 0 Å². The quantitative estimate of drug-likeness (QED) is 0.765. The van der Waals surface area contributed by atoms with Crippen molar-refractivity contribution >= 4 is 21.8 Å². The summed E-state index contributed by atoms with van der Waals surface area (Å²) in [6.07, 6.45) is 0. The third kappa shape index (κ3) is 6.16. The van der Waals surface area contributed by atoms with E-state index in [1.54, 1.807) is 0 Å². The number of carbonyl (C=O) groups excluding carboxylic acids is 1. The molecule has 0 radical (unpaired) electrons. The Hall–Kier alpha value is -1.65. The molecule has 1 amide bonds. The van der Waals surface area contributed by atoms with E-state index in [9.17, 15) is 4.79 Å². The van der Waals surface area contributed by atoms with Gasteiger partial charge in [0.2, 0.25) is 0 Å². The zero-order valence-electron chi connectivity index (χ0n) is 13.7. The highest BCUT2D eigenvalue weighted by Gasteiger charge is 2.12. The average Bonchev–Trinajstić information content (AvgIpc) is 2.55. The molecule has 2 N–H and O–H groups in total. The average molecular weight is 376 g/mol. The molecule has 0 saturated heterocycles. The lowest BCUT2D eigenvalue weighted by molar-refractivity contribution is -0.885. The largest absolute Gasteiger partial charge is 0.351 e. The van der Waals surface area contributed by atoms with Gasteiger partial charge in [0.05, 0.1) is 7.05 Å². The van der Waals surface area contributed by atoms with E-state index in [-0.39, 0.29) is 5.91 Å². The predicted molar refractivity (Wildman–Crippen MR) is 97.5 cm³/mol. The van der Waals surface area contributed by atoms with Crippen LogP contribution < -0.4 is 10.2 Å². The van der Waals surface area contributed by atoms with Crippen LogP contribution in [0.2, 0.25) is 0 Å². The van der Waals surface area contributed by atoms with Crippen LogP contribution in [-0.4, -0.2) is 26.0 Å². The zero-order valence-corrected chi connectivity index (χ0v) is 15.3. The Labute approximate surface area is 146 Å². The van der Waals surface area contributed by atoms with E-state index in [0.717, 1.165) is 11.0 Å². The Morgan fingerprint density at radius 1 is 1.13 bits per heavy atom. The molecule has 0 spiro atoms. The second-order valence-electron chi connectivity index (χ2n) is 6.05. The van der Waals surface area contributed by atoms with Gasteiger partial charge in [-0.3, -0.25) is 4.79 Å². The zero-order chi connectivity index (χ0) is 16.7. The van der Waals surface area contributed by atoms with Crippen LogP contribution in [0.4, 0.5) is 0 Å². The number of quaternary nitrogens is 1. The maximum Gasteiger partial charge on any atom is 0.275 e. The fourth-order valence-electron chi connectivity index (χ4n) is 2.52. The van der Waals surface area contributed by atoms with Gasteiger partial charge in [-0.25, -0.2) is 0 Å². The summed E-state index contributed by atoms with van der Waals surface area (Å²) in [5.74, 6) is 0.425. The molecule has 0 aromatic heterocycles. The van der Waals surface area contributed by atoms with Crippen LogP contribution in [-0.2, 0) is 11.3 Å². The van der Waals surface area contributed by atoms with Crippen LogP contribution in [0.25, 0.3) is 0 Å². The molecule has 0 fully saturated rings. The van der Waals surface area contributed by atoms with Gasteiger partial charge in [-0.15, -0.1) is 0 Å². The smallest absolute Gasteiger partial charge is 0.275 e. The van der Waals surface area contributed by atoms with E-state index in [2.05, 4.69) is 52.4 Å². The van der Waals surface area contributed by atoms with Crippen molar-refractivity contribution in [2.45, 2.75) is 19.4 Å². The molecule has 2 rings (SSSR count). The number of nitrogens with one attached hydrogen (secondary N) is 2. The first kappa shape index (κ1) is 17.7. The first-order chi connectivity index (χ1) is 11.0. The fraction of sp³-hybridized carbons (Fsp3) is 0.316. The summed E-state index contributed by atoms with van der Waals surface area (Å²) in [5, 5.41) is 3.04. The lowest BCUT2D eigenvalue weighted by Gasteiger charge is -2.16. The highest BCUT2D eigenvalue weighted by Crippen LogP contribution is 2.12. The van der Waals surface area contributed by atoms with Gasteiger partial charge >= 0.3 is 0 Å². The monoisotopic (exact) mass is 375 g/mol. The Morgan fingerprint density at radius 3 is 2.43 bits per heavy atom. The van der Waals surface area contributed by atoms with Gasteiger partial charge in [-0.2, -0.15) is 0 Å². The van der Waals surface area contributed by atoms with Crippen molar-refractivity contribution in [2.24, 2.45) is 0 Å². The molecule has 0 aliphatic carbocycles. The van der Waals surface area contributed by atoms with Gasteiger partial charge in [-0.1, -0.05) is 65.3 Å². The van der Waals surface area contributed by atoms with Crippen molar-refractivity contribution in [1.29, 1.82) is 0 Å². The molecule has 3 nitrogen and oxygen atoms in total. The molecule has 122 valence electrons. The molecule has 0 aliphatic rings. The second-order valence-corrected chi connectivity index (χ2v) is 6.97. The molecule has 0 heterocycles. The van der Waals surface area contributed by atoms with Gasteiger partial charge in [0.15, 0.2) is 6.54 Å². The lowest BCUT2D eigenvalue weighted by Crippen LogP contribution is -3.08. The Balaban J connectivity index is 1.74. The van der Waals surface area contributed by atoms with Crippen LogP contribution in [0, 0.1) is 0 Å². The summed E-state index contributed by atoms with van der Waals surface area (Å²) in [6.45, 7) is 4.13. The molecule has 0 bridgehead atoms. The number of hydrogen-bond acceptors (Lipinski definition) is 1. The number of hydrogen-bond donors (Lipinski definition) is 2. The second kappa shape index (κ2) is 8.85. The maximum absolute atomic E-state index is 12.1. The Morgan fingerprint density at radius 2 is 1.78 bits per heavy atom. The third-order valence-electron chi connectivity index (χ3n) is 3.86. The third-order valence-corrected chi connectivity index (χ3v) is 4.38. The molecule has 0 saturated carbocycles. The summed E-state index contributed by atoms with van der Waals surface area (Å²) in [5.41, 5.74) is 2.49. The molecular weight excluding hydrogens is 352 g/mol. The van der Waals surface area contributed by atoms with Gasteiger partial charge in [0, 0.05) is 16.6 Å². The van der Waals surface area contributed by atoms with E-state index in [1.807, 2.05) is 37.4 Å². The van der Waals surface area contributed by atoms with Crippen molar-refractivity contribution in [1.82, 2.24) is 5.32 Å². The summed E-state index contributed by atoms with van der Waals surface area (Å²) < 4.78 is 1.08. The van der Waals surface area contributed by atoms with Crippen molar-refractivity contribution in [3.63, 3.8) is 0 Å². The van der Waals surface area contributed by atoms with Crippen molar-refractivity contribution < 1.29 is 9.69 Å². The molecule has 23 heavy (non-hydrogen) atoms. The molecule has 2 aromatic carbocycles. The first-order valence-electron chi connectivity index (χ1n) is 7.92. The maximum atomic E-state index is 12.1. The SMILES string of the molecule is C[C@H](CNC(=O)C[NH+](C)Cc1ccc(Br)cc1)c1ccccc1. The van der Waals surface area contributed by atoms with E-state index in [0.29, 0.717) is 19.0 Å². The lowest BCUT2D eigenvalue weighted by atomic mass is 10.0. The van der Waals surface area contributed by atoms with E-state index >= 15 is 0 Å². The first-order valence-corrected chi connectivity index (χ1v) is 8.71. The molecular formula is C19H24BrN2O+. The van der Waals surface area contributed by atoms with Crippen LogP contribution >= 0.6 is 15.9 Å². The molecule has 2 atom stereocenters. The number of rotatable bonds is 7. The van der Waals surface area contributed by atoms with Crippen molar-refractivity contribution in [3.05, 3.63) is 70.2 Å².